The van der Waals surface area contributed by atoms with Gasteiger partial charge in [-0.1, -0.05) is 44.8 Å². The molecule has 0 fully saturated rings. The normalized spacial score (nSPS) is 12.7. The fourth-order valence-corrected chi connectivity index (χ4v) is 1.21. The molecule has 0 bridgehead atoms. The van der Waals surface area contributed by atoms with Gasteiger partial charge in [-0.15, -0.1) is 0 Å². The van der Waals surface area contributed by atoms with Gasteiger partial charge in [0.15, 0.2) is 0 Å². The van der Waals surface area contributed by atoms with Gasteiger partial charge in [-0.3, -0.25) is 0 Å². The van der Waals surface area contributed by atoms with E-state index in [4.69, 9.17) is 0 Å². The highest BCUT2D eigenvalue weighted by atomic mass is 13.9. The van der Waals surface area contributed by atoms with Crippen LogP contribution in [-0.2, 0) is 0 Å². The summed E-state index contributed by atoms with van der Waals surface area (Å²) in [5, 5.41) is 0. The second-order valence-corrected chi connectivity index (χ2v) is 3.54. The van der Waals surface area contributed by atoms with Gasteiger partial charge < -0.3 is 0 Å². The maximum atomic E-state index is 3.11. The van der Waals surface area contributed by atoms with Crippen LogP contribution in [0.5, 0.6) is 0 Å². The number of hydrogen-bond donors (Lipinski definition) is 0. The molecule has 75 valence electrons. The lowest BCUT2D eigenvalue weighted by atomic mass is 10.1. The standard InChI is InChI=1S/C13H23/c1-4-6-7-8-9-10-11-12-13(3)5-2/h11-12H,4,6-10H2,1-3H3. The largest absolute Gasteiger partial charge is 0.0843 e. The van der Waals surface area contributed by atoms with Crippen LogP contribution in [0.25, 0.3) is 0 Å². The van der Waals surface area contributed by atoms with Gasteiger partial charge in [0, 0.05) is 0 Å². The Labute approximate surface area is 83.7 Å². The maximum absolute atomic E-state index is 3.11. The minimum absolute atomic E-state index is 1.22. The van der Waals surface area contributed by atoms with Crippen LogP contribution in [-0.4, -0.2) is 0 Å². The molecule has 0 aliphatic carbocycles. The lowest BCUT2D eigenvalue weighted by Gasteiger charge is -1.96. The van der Waals surface area contributed by atoms with Crippen molar-refractivity contribution in [1.29, 1.82) is 0 Å². The number of unbranched alkanes of at least 4 members (excludes halogenated alkanes) is 5. The molecule has 0 aromatic heterocycles. The van der Waals surface area contributed by atoms with Crippen molar-refractivity contribution in [1.82, 2.24) is 0 Å². The molecule has 0 spiro atoms. The summed E-state index contributed by atoms with van der Waals surface area (Å²) >= 11 is 0. The smallest absolute Gasteiger partial charge is 0.0348 e. The Kier molecular flexibility index (Phi) is 9.18. The Hall–Kier alpha value is -0.520. The van der Waals surface area contributed by atoms with Crippen LogP contribution >= 0.6 is 0 Å². The fourth-order valence-electron chi connectivity index (χ4n) is 1.21. The van der Waals surface area contributed by atoms with Crippen molar-refractivity contribution in [3.05, 3.63) is 23.8 Å². The molecule has 0 unspecified atom stereocenters. The van der Waals surface area contributed by atoms with Crippen LogP contribution in [0.4, 0.5) is 0 Å². The van der Waals surface area contributed by atoms with E-state index in [-0.39, 0.29) is 0 Å². The Morgan fingerprint density at radius 2 is 1.85 bits per heavy atom. The molecule has 0 heterocycles. The van der Waals surface area contributed by atoms with Gasteiger partial charge in [0.2, 0.25) is 0 Å². The van der Waals surface area contributed by atoms with E-state index in [0.717, 1.165) is 0 Å². The SMILES string of the molecule is C/[C]=C(\C)C=CCCCCCCC. The number of rotatable bonds is 7. The molecule has 0 aliphatic rings. The molecule has 0 nitrogen and oxygen atoms in total. The predicted octanol–water partition coefficient (Wildman–Crippen LogP) is 4.67. The molecule has 0 N–H and O–H groups in total. The fraction of sp³-hybridized carbons (Fsp3) is 0.692. The Morgan fingerprint density at radius 1 is 1.15 bits per heavy atom. The molecule has 0 atom stereocenters. The first kappa shape index (κ1) is 12.5. The highest BCUT2D eigenvalue weighted by molar-refractivity contribution is 5.11. The quantitative estimate of drug-likeness (QED) is 0.393. The van der Waals surface area contributed by atoms with Crippen LogP contribution in [0.1, 0.15) is 59.3 Å². The third kappa shape index (κ3) is 9.39. The second-order valence-electron chi connectivity index (χ2n) is 3.54. The van der Waals surface area contributed by atoms with Crippen molar-refractivity contribution in [2.24, 2.45) is 0 Å². The van der Waals surface area contributed by atoms with Gasteiger partial charge in [-0.05, 0) is 38.3 Å². The third-order valence-electron chi connectivity index (χ3n) is 2.24. The molecule has 0 aromatic carbocycles. The van der Waals surface area contributed by atoms with Gasteiger partial charge in [0.25, 0.3) is 0 Å². The topological polar surface area (TPSA) is 0 Å². The van der Waals surface area contributed by atoms with E-state index in [9.17, 15) is 0 Å². The van der Waals surface area contributed by atoms with Crippen molar-refractivity contribution in [2.45, 2.75) is 59.3 Å². The molecule has 0 aliphatic heterocycles. The van der Waals surface area contributed by atoms with E-state index in [1.807, 2.05) is 6.92 Å². The summed E-state index contributed by atoms with van der Waals surface area (Å²) in [6, 6.07) is 0. The van der Waals surface area contributed by atoms with E-state index >= 15 is 0 Å². The summed E-state index contributed by atoms with van der Waals surface area (Å²) in [4.78, 5) is 0. The van der Waals surface area contributed by atoms with E-state index in [0.29, 0.717) is 0 Å². The van der Waals surface area contributed by atoms with Crippen molar-refractivity contribution in [3.8, 4) is 0 Å². The van der Waals surface area contributed by atoms with Crippen molar-refractivity contribution < 1.29 is 0 Å². The maximum Gasteiger partial charge on any atom is -0.0348 e. The average molecular weight is 179 g/mol. The highest BCUT2D eigenvalue weighted by Gasteiger charge is 1.86. The van der Waals surface area contributed by atoms with Crippen molar-refractivity contribution in [2.75, 3.05) is 0 Å². The average Bonchev–Trinajstić information content (AvgIpc) is 2.16. The Balaban J connectivity index is 3.20. The molecule has 0 aromatic rings. The first-order valence-electron chi connectivity index (χ1n) is 5.49. The van der Waals surface area contributed by atoms with Gasteiger partial charge in [-0.25, -0.2) is 0 Å². The van der Waals surface area contributed by atoms with Crippen LogP contribution in [0.2, 0.25) is 0 Å². The zero-order chi connectivity index (χ0) is 9.94. The minimum Gasteiger partial charge on any atom is -0.0843 e. The number of hydrogen-bond acceptors (Lipinski definition) is 0. The summed E-state index contributed by atoms with van der Waals surface area (Å²) in [5.41, 5.74) is 1.24. The summed E-state index contributed by atoms with van der Waals surface area (Å²) in [5.74, 6) is 0. The van der Waals surface area contributed by atoms with Crippen LogP contribution in [0.15, 0.2) is 17.7 Å². The molecule has 0 saturated heterocycles. The number of allylic oxidation sites excluding steroid dienone is 4. The zero-order valence-electron chi connectivity index (χ0n) is 9.40. The van der Waals surface area contributed by atoms with Crippen LogP contribution in [0.3, 0.4) is 0 Å². The first-order valence-corrected chi connectivity index (χ1v) is 5.49. The van der Waals surface area contributed by atoms with Gasteiger partial charge in [0.1, 0.15) is 0 Å². The molecule has 0 rings (SSSR count). The minimum atomic E-state index is 1.22. The van der Waals surface area contributed by atoms with E-state index in [1.54, 1.807) is 0 Å². The molecule has 0 heteroatoms. The molecule has 1 radical (unpaired) electrons. The monoisotopic (exact) mass is 179 g/mol. The first-order chi connectivity index (χ1) is 6.31. The third-order valence-corrected chi connectivity index (χ3v) is 2.24. The van der Waals surface area contributed by atoms with E-state index in [2.05, 4.69) is 32.1 Å². The summed E-state index contributed by atoms with van der Waals surface area (Å²) < 4.78 is 0. The summed E-state index contributed by atoms with van der Waals surface area (Å²) in [7, 11) is 0. The van der Waals surface area contributed by atoms with E-state index in [1.165, 1.54) is 44.1 Å². The summed E-state index contributed by atoms with van der Waals surface area (Å²) in [6.07, 6.45) is 15.6. The second kappa shape index (κ2) is 9.57. The molecular formula is C13H23. The van der Waals surface area contributed by atoms with Gasteiger partial charge in [0.05, 0.1) is 0 Å². The van der Waals surface area contributed by atoms with Crippen molar-refractivity contribution >= 4 is 0 Å². The van der Waals surface area contributed by atoms with Gasteiger partial charge in [-0.2, -0.15) is 0 Å². The van der Waals surface area contributed by atoms with Crippen LogP contribution < -0.4 is 0 Å². The Morgan fingerprint density at radius 3 is 2.46 bits per heavy atom. The highest BCUT2D eigenvalue weighted by Crippen LogP contribution is 2.06. The lowest BCUT2D eigenvalue weighted by Crippen LogP contribution is -1.76. The van der Waals surface area contributed by atoms with Crippen LogP contribution in [0, 0.1) is 6.08 Å². The lowest BCUT2D eigenvalue weighted by molar-refractivity contribution is 0.637. The predicted molar refractivity (Wildman–Crippen MR) is 60.6 cm³/mol. The summed E-state index contributed by atoms with van der Waals surface area (Å²) in [6.45, 7) is 6.31. The molecule has 0 amide bonds. The van der Waals surface area contributed by atoms with E-state index < -0.39 is 0 Å². The van der Waals surface area contributed by atoms with Crippen molar-refractivity contribution in [3.63, 3.8) is 0 Å². The Bertz CT molecular complexity index is 151. The molecular weight excluding hydrogens is 156 g/mol. The zero-order valence-corrected chi connectivity index (χ0v) is 9.40. The molecule has 13 heavy (non-hydrogen) atoms. The molecule has 0 saturated carbocycles. The van der Waals surface area contributed by atoms with Gasteiger partial charge >= 0.3 is 0 Å².